The second kappa shape index (κ2) is 4.97. The van der Waals surface area contributed by atoms with Gasteiger partial charge in [0.25, 0.3) is 0 Å². The van der Waals surface area contributed by atoms with Crippen LogP contribution in [0.3, 0.4) is 0 Å². The van der Waals surface area contributed by atoms with Crippen LogP contribution >= 0.6 is 69.6 Å². The fraction of sp³-hybridized carbons (Fsp3) is 0.846. The molecule has 1 nitrogen and oxygen atoms in total. The molecule has 20 heavy (non-hydrogen) atoms. The van der Waals surface area contributed by atoms with Crippen molar-refractivity contribution in [1.82, 2.24) is 0 Å². The molecule has 1 saturated carbocycles. The lowest BCUT2D eigenvalue weighted by Gasteiger charge is -2.42. The largest absolute Gasteiger partial charge is 0.381 e. The van der Waals surface area contributed by atoms with Gasteiger partial charge in [-0.2, -0.15) is 0 Å². The first kappa shape index (κ1) is 17.8. The van der Waals surface area contributed by atoms with E-state index in [2.05, 4.69) is 20.8 Å². The molecule has 4 atom stereocenters. The highest BCUT2D eigenvalue weighted by molar-refractivity contribution is 6.65. The second-order valence-electron chi connectivity index (χ2n) is 6.55. The molecule has 2 rings (SSSR count). The normalized spacial score (nSPS) is 41.4. The lowest BCUT2D eigenvalue weighted by Crippen LogP contribution is -2.49. The van der Waals surface area contributed by atoms with Crippen molar-refractivity contribution in [2.75, 3.05) is 7.11 Å². The summed E-state index contributed by atoms with van der Waals surface area (Å²) in [6, 6.07) is 0. The van der Waals surface area contributed by atoms with Crippen LogP contribution in [0.2, 0.25) is 0 Å². The lowest BCUT2D eigenvalue weighted by atomic mass is 9.75. The number of ether oxygens (including phenoxy) is 1. The number of rotatable bonds is 2. The molecule has 0 heterocycles. The van der Waals surface area contributed by atoms with Gasteiger partial charge in [-0.25, -0.2) is 0 Å². The standard InChI is InChI=1S/C13H16Cl6O/c1-10(2,3)9(20-4)6-5-11(16)7(14)8(15)12(6,17)13(11,18)19/h6,9H,5H2,1-4H3/t6-,9-,11-,12+/m1/s1. The summed E-state index contributed by atoms with van der Waals surface area (Å²) >= 11 is 38.9. The summed E-state index contributed by atoms with van der Waals surface area (Å²) in [6.07, 6.45) is 0.201. The van der Waals surface area contributed by atoms with Gasteiger partial charge in [-0.1, -0.05) is 67.2 Å². The number of allylic oxidation sites excluding steroid dienone is 2. The Hall–Kier alpha value is 1.44. The van der Waals surface area contributed by atoms with Crippen LogP contribution in [0.15, 0.2) is 10.1 Å². The highest BCUT2D eigenvalue weighted by Gasteiger charge is 2.79. The van der Waals surface area contributed by atoms with Gasteiger partial charge in [-0.15, -0.1) is 23.2 Å². The maximum absolute atomic E-state index is 6.77. The Morgan fingerprint density at radius 2 is 1.60 bits per heavy atom. The minimum absolute atomic E-state index is 0.174. The summed E-state index contributed by atoms with van der Waals surface area (Å²) in [5.74, 6) is -0.239. The molecule has 2 aliphatic rings. The molecule has 0 aliphatic heterocycles. The Kier molecular flexibility index (Phi) is 4.42. The van der Waals surface area contributed by atoms with Gasteiger partial charge in [0.05, 0.1) is 16.2 Å². The fourth-order valence-corrected chi connectivity index (χ4v) is 6.21. The molecule has 0 aromatic rings. The summed E-state index contributed by atoms with van der Waals surface area (Å²) in [5.41, 5.74) is -0.174. The van der Waals surface area contributed by atoms with Gasteiger partial charge < -0.3 is 4.74 Å². The van der Waals surface area contributed by atoms with E-state index in [4.69, 9.17) is 74.3 Å². The van der Waals surface area contributed by atoms with Gasteiger partial charge >= 0.3 is 0 Å². The maximum atomic E-state index is 6.77. The van der Waals surface area contributed by atoms with Crippen LogP contribution < -0.4 is 0 Å². The number of halogens is 6. The summed E-state index contributed by atoms with van der Waals surface area (Å²) in [4.78, 5) is -2.42. The third-order valence-electron chi connectivity index (χ3n) is 4.30. The first-order valence-corrected chi connectivity index (χ1v) is 8.47. The van der Waals surface area contributed by atoms with Crippen LogP contribution in [-0.4, -0.2) is 27.3 Å². The van der Waals surface area contributed by atoms with Crippen LogP contribution in [0.1, 0.15) is 27.2 Å². The van der Waals surface area contributed by atoms with Crippen molar-refractivity contribution in [2.24, 2.45) is 11.3 Å². The van der Waals surface area contributed by atoms with Crippen molar-refractivity contribution in [3.05, 3.63) is 10.1 Å². The predicted molar refractivity (Wildman–Crippen MR) is 88.7 cm³/mol. The summed E-state index contributed by atoms with van der Waals surface area (Å²) < 4.78 is 4.17. The summed E-state index contributed by atoms with van der Waals surface area (Å²) in [6.45, 7) is 6.16. The van der Waals surface area contributed by atoms with Crippen molar-refractivity contribution in [3.8, 4) is 0 Å². The molecule has 0 spiro atoms. The highest BCUT2D eigenvalue weighted by atomic mass is 35.5. The zero-order chi connectivity index (χ0) is 15.7. The maximum Gasteiger partial charge on any atom is 0.166 e. The van der Waals surface area contributed by atoms with E-state index < -0.39 is 14.1 Å². The van der Waals surface area contributed by atoms with E-state index in [0.717, 1.165) is 0 Å². The lowest BCUT2D eigenvalue weighted by molar-refractivity contribution is -0.0312. The molecule has 0 aromatic carbocycles. The molecule has 2 aliphatic carbocycles. The first-order chi connectivity index (χ1) is 8.85. The van der Waals surface area contributed by atoms with E-state index in [-0.39, 0.29) is 27.5 Å². The average Bonchev–Trinajstić information content (AvgIpc) is 2.51. The predicted octanol–water partition coefficient (Wildman–Crippen LogP) is 5.90. The minimum atomic E-state index is -1.48. The zero-order valence-electron chi connectivity index (χ0n) is 11.5. The third-order valence-corrected chi connectivity index (χ3v) is 8.60. The molecule has 7 heteroatoms. The Bertz CT molecular complexity index is 468. The fourth-order valence-electron chi connectivity index (χ4n) is 3.39. The van der Waals surface area contributed by atoms with Gasteiger partial charge in [0.2, 0.25) is 0 Å². The third kappa shape index (κ3) is 1.94. The summed E-state index contributed by atoms with van der Waals surface area (Å²) in [7, 11) is 1.63. The molecular formula is C13H16Cl6O. The van der Waals surface area contributed by atoms with Gasteiger partial charge in [-0.3, -0.25) is 0 Å². The molecular weight excluding hydrogens is 385 g/mol. The number of methoxy groups -OCH3 is 1. The van der Waals surface area contributed by atoms with Gasteiger partial charge in [0.15, 0.2) is 4.33 Å². The number of hydrogen-bond donors (Lipinski definition) is 0. The molecule has 0 radical (unpaired) electrons. The Morgan fingerprint density at radius 1 is 1.10 bits per heavy atom. The van der Waals surface area contributed by atoms with E-state index >= 15 is 0 Å². The molecule has 0 saturated heterocycles. The summed E-state index contributed by atoms with van der Waals surface area (Å²) in [5, 5.41) is 0.462. The van der Waals surface area contributed by atoms with E-state index in [0.29, 0.717) is 6.42 Å². The number of hydrogen-bond acceptors (Lipinski definition) is 1. The van der Waals surface area contributed by atoms with E-state index in [9.17, 15) is 0 Å². The molecule has 0 unspecified atom stereocenters. The van der Waals surface area contributed by atoms with Crippen LogP contribution in [-0.2, 0) is 4.74 Å². The van der Waals surface area contributed by atoms with Crippen LogP contribution in [0.4, 0.5) is 0 Å². The molecule has 0 N–H and O–H groups in total. The van der Waals surface area contributed by atoms with Crippen molar-refractivity contribution < 1.29 is 4.74 Å². The number of fused-ring (bicyclic) bond motifs is 2. The smallest absolute Gasteiger partial charge is 0.166 e. The Labute approximate surface area is 149 Å². The quantitative estimate of drug-likeness (QED) is 0.524. The van der Waals surface area contributed by atoms with Crippen molar-refractivity contribution in [1.29, 1.82) is 0 Å². The average molecular weight is 401 g/mol. The van der Waals surface area contributed by atoms with Crippen molar-refractivity contribution in [2.45, 2.75) is 47.4 Å². The highest BCUT2D eigenvalue weighted by Crippen LogP contribution is 2.75. The molecule has 1 fully saturated rings. The number of alkyl halides is 4. The SMILES string of the molecule is CO[C@H]([C@H]1C[C@@]2(Cl)C(Cl)=C(Cl)[C@]1(Cl)C2(Cl)Cl)C(C)(C)C. The van der Waals surface area contributed by atoms with E-state index in [1.165, 1.54) is 0 Å². The minimum Gasteiger partial charge on any atom is -0.381 e. The first-order valence-electron chi connectivity index (χ1n) is 6.20. The van der Waals surface area contributed by atoms with Crippen LogP contribution in [0, 0.1) is 11.3 Å². The van der Waals surface area contributed by atoms with Crippen molar-refractivity contribution in [3.63, 3.8) is 0 Å². The van der Waals surface area contributed by atoms with Gasteiger partial charge in [0.1, 0.15) is 9.75 Å². The van der Waals surface area contributed by atoms with E-state index in [1.807, 2.05) is 0 Å². The van der Waals surface area contributed by atoms with E-state index in [1.54, 1.807) is 7.11 Å². The van der Waals surface area contributed by atoms with Crippen LogP contribution in [0.25, 0.3) is 0 Å². The van der Waals surface area contributed by atoms with Gasteiger partial charge in [0, 0.05) is 13.0 Å². The topological polar surface area (TPSA) is 9.23 Å². The monoisotopic (exact) mass is 398 g/mol. The molecule has 2 bridgehead atoms. The van der Waals surface area contributed by atoms with Gasteiger partial charge in [-0.05, 0) is 11.8 Å². The van der Waals surface area contributed by atoms with Crippen LogP contribution in [0.5, 0.6) is 0 Å². The molecule has 0 aromatic heterocycles. The second-order valence-corrected chi connectivity index (χ2v) is 9.87. The molecule has 116 valence electrons. The zero-order valence-corrected chi connectivity index (χ0v) is 16.1. The molecule has 0 amide bonds. The van der Waals surface area contributed by atoms with Crippen molar-refractivity contribution >= 4 is 69.6 Å². The Balaban J connectivity index is 2.58. The Morgan fingerprint density at radius 3 is 1.90 bits per heavy atom.